The van der Waals surface area contributed by atoms with Gasteiger partial charge in [0.1, 0.15) is 6.61 Å². The molecule has 1 amide bonds. The van der Waals surface area contributed by atoms with E-state index in [1.54, 1.807) is 6.07 Å². The number of benzene rings is 1. The van der Waals surface area contributed by atoms with Crippen LogP contribution >= 0.6 is 15.9 Å². The molecule has 0 aliphatic carbocycles. The Labute approximate surface area is 155 Å². The van der Waals surface area contributed by atoms with E-state index in [1.807, 2.05) is 24.3 Å². The molecule has 0 bridgehead atoms. The van der Waals surface area contributed by atoms with Crippen molar-refractivity contribution in [3.63, 3.8) is 0 Å². The first-order valence-electron chi connectivity index (χ1n) is 8.31. The summed E-state index contributed by atoms with van der Waals surface area (Å²) in [4.78, 5) is 11.9. The van der Waals surface area contributed by atoms with Crippen molar-refractivity contribution in [2.24, 2.45) is 5.92 Å². The maximum atomic E-state index is 11.9. The molecule has 1 unspecified atom stereocenters. The molecule has 1 aromatic heterocycles. The number of carbonyl (C=O) groups is 1. The lowest BCUT2D eigenvalue weighted by Crippen LogP contribution is -2.30. The molecule has 1 aliphatic rings. The highest BCUT2D eigenvalue weighted by Crippen LogP contribution is 2.17. The number of nitrogens with one attached hydrogen (secondary N) is 1. The van der Waals surface area contributed by atoms with Crippen LogP contribution < -0.4 is 5.32 Å². The fourth-order valence-electron chi connectivity index (χ4n) is 2.61. The molecule has 1 aliphatic heterocycles. The highest BCUT2D eigenvalue weighted by molar-refractivity contribution is 9.10. The second-order valence-corrected chi connectivity index (χ2v) is 6.93. The molecule has 2 heterocycles. The van der Waals surface area contributed by atoms with E-state index >= 15 is 0 Å². The molecule has 0 spiro atoms. The van der Waals surface area contributed by atoms with Gasteiger partial charge in [-0.1, -0.05) is 39.3 Å². The van der Waals surface area contributed by atoms with Gasteiger partial charge in [0.2, 0.25) is 5.91 Å². The van der Waals surface area contributed by atoms with Gasteiger partial charge in [0, 0.05) is 29.6 Å². The molecule has 1 atom stereocenters. The van der Waals surface area contributed by atoms with Gasteiger partial charge in [-0.05, 0) is 18.1 Å². The third-order valence-corrected chi connectivity index (χ3v) is 4.79. The van der Waals surface area contributed by atoms with Crippen molar-refractivity contribution in [1.29, 1.82) is 0 Å². The van der Waals surface area contributed by atoms with Crippen molar-refractivity contribution in [1.82, 2.24) is 10.5 Å². The Morgan fingerprint density at radius 2 is 2.24 bits per heavy atom. The van der Waals surface area contributed by atoms with Crippen LogP contribution in [0.1, 0.15) is 23.4 Å². The fourth-order valence-corrected chi connectivity index (χ4v) is 3.01. The summed E-state index contributed by atoms with van der Waals surface area (Å²) < 4.78 is 17.2. The summed E-state index contributed by atoms with van der Waals surface area (Å²) in [5, 5.41) is 6.85. The summed E-state index contributed by atoms with van der Waals surface area (Å²) in [5.74, 6) is 0.975. The number of nitrogens with zero attached hydrogens (tertiary/aromatic N) is 1. The summed E-state index contributed by atoms with van der Waals surface area (Å²) in [5.41, 5.74) is 1.68. The topological polar surface area (TPSA) is 73.6 Å². The van der Waals surface area contributed by atoms with E-state index in [0.29, 0.717) is 37.1 Å². The molecule has 1 aromatic carbocycles. The fraction of sp³-hybridized carbons (Fsp3) is 0.444. The van der Waals surface area contributed by atoms with Crippen LogP contribution in [-0.2, 0) is 33.9 Å². The number of amides is 1. The third kappa shape index (κ3) is 5.66. The van der Waals surface area contributed by atoms with Crippen molar-refractivity contribution in [3.05, 3.63) is 51.8 Å². The molecule has 2 aromatic rings. The van der Waals surface area contributed by atoms with Crippen molar-refractivity contribution in [2.75, 3.05) is 19.8 Å². The van der Waals surface area contributed by atoms with Gasteiger partial charge in [-0.25, -0.2) is 0 Å². The van der Waals surface area contributed by atoms with Crippen molar-refractivity contribution >= 4 is 21.8 Å². The van der Waals surface area contributed by atoms with Crippen molar-refractivity contribution < 1.29 is 18.8 Å². The Kier molecular flexibility index (Phi) is 6.61. The van der Waals surface area contributed by atoms with Crippen LogP contribution in [0.2, 0.25) is 0 Å². The average Bonchev–Trinajstić information content (AvgIpc) is 3.27. The molecule has 6 nitrogen and oxygen atoms in total. The van der Waals surface area contributed by atoms with Gasteiger partial charge >= 0.3 is 0 Å². The van der Waals surface area contributed by atoms with Crippen molar-refractivity contribution in [2.45, 2.75) is 26.1 Å². The lowest BCUT2D eigenvalue weighted by atomic mass is 10.1. The largest absolute Gasteiger partial charge is 0.381 e. The summed E-state index contributed by atoms with van der Waals surface area (Å²) in [6, 6.07) is 9.66. The van der Waals surface area contributed by atoms with Crippen LogP contribution in [0.4, 0.5) is 0 Å². The molecule has 1 N–H and O–H groups in total. The molecule has 1 saturated heterocycles. The van der Waals surface area contributed by atoms with Gasteiger partial charge in [0.15, 0.2) is 5.76 Å². The normalized spacial score (nSPS) is 16.9. The Morgan fingerprint density at radius 1 is 1.36 bits per heavy atom. The van der Waals surface area contributed by atoms with E-state index in [-0.39, 0.29) is 12.3 Å². The van der Waals surface area contributed by atoms with Crippen LogP contribution in [0.3, 0.4) is 0 Å². The van der Waals surface area contributed by atoms with Crippen LogP contribution in [0, 0.1) is 5.92 Å². The van der Waals surface area contributed by atoms with Gasteiger partial charge < -0.3 is 19.3 Å². The van der Waals surface area contributed by atoms with E-state index in [0.717, 1.165) is 29.7 Å². The number of halogens is 1. The molecule has 1 fully saturated rings. The monoisotopic (exact) mass is 408 g/mol. The summed E-state index contributed by atoms with van der Waals surface area (Å²) in [6.45, 7) is 2.95. The first kappa shape index (κ1) is 18.1. The minimum absolute atomic E-state index is 0.0547. The number of rotatable bonds is 8. The molecule has 25 heavy (non-hydrogen) atoms. The van der Waals surface area contributed by atoms with Crippen LogP contribution in [-0.4, -0.2) is 30.8 Å². The Hall–Kier alpha value is -1.70. The molecular formula is C18H21BrN2O4. The standard InChI is InChI=1S/C18H21BrN2O4/c19-17-4-2-1-3-14(17)11-24-12-16-7-15(21-25-16)8-18(22)20-9-13-5-6-23-10-13/h1-4,7,13H,5-6,8-12H2,(H,20,22). The van der Waals surface area contributed by atoms with Gasteiger partial charge in [0.05, 0.1) is 25.3 Å². The van der Waals surface area contributed by atoms with E-state index in [1.165, 1.54) is 0 Å². The van der Waals surface area contributed by atoms with E-state index < -0.39 is 0 Å². The Bertz CT molecular complexity index is 698. The highest BCUT2D eigenvalue weighted by Gasteiger charge is 2.17. The van der Waals surface area contributed by atoms with Gasteiger partial charge in [-0.3, -0.25) is 4.79 Å². The molecule has 0 radical (unpaired) electrons. The third-order valence-electron chi connectivity index (χ3n) is 4.02. The van der Waals surface area contributed by atoms with Gasteiger partial charge in [-0.15, -0.1) is 0 Å². The summed E-state index contributed by atoms with van der Waals surface area (Å²) in [6.07, 6.45) is 1.21. The zero-order valence-electron chi connectivity index (χ0n) is 13.9. The molecule has 7 heteroatoms. The van der Waals surface area contributed by atoms with Crippen LogP contribution in [0.25, 0.3) is 0 Å². The highest BCUT2D eigenvalue weighted by atomic mass is 79.9. The second-order valence-electron chi connectivity index (χ2n) is 6.08. The van der Waals surface area contributed by atoms with E-state index in [9.17, 15) is 4.79 Å². The molecule has 0 saturated carbocycles. The minimum atomic E-state index is -0.0547. The summed E-state index contributed by atoms with van der Waals surface area (Å²) in [7, 11) is 0. The van der Waals surface area contributed by atoms with E-state index in [2.05, 4.69) is 26.4 Å². The lowest BCUT2D eigenvalue weighted by Gasteiger charge is -2.08. The molecular weight excluding hydrogens is 388 g/mol. The Balaban J connectivity index is 1.39. The zero-order chi connectivity index (χ0) is 17.5. The number of hydrogen-bond donors (Lipinski definition) is 1. The maximum absolute atomic E-state index is 11.9. The average molecular weight is 409 g/mol. The first-order valence-corrected chi connectivity index (χ1v) is 9.10. The summed E-state index contributed by atoms with van der Waals surface area (Å²) >= 11 is 3.48. The minimum Gasteiger partial charge on any atom is -0.381 e. The predicted octanol–water partition coefficient (Wildman–Crippen LogP) is 2.85. The van der Waals surface area contributed by atoms with Gasteiger partial charge in [0.25, 0.3) is 0 Å². The number of hydrogen-bond acceptors (Lipinski definition) is 5. The Morgan fingerprint density at radius 3 is 3.04 bits per heavy atom. The molecule has 134 valence electrons. The van der Waals surface area contributed by atoms with Crippen LogP contribution in [0.5, 0.6) is 0 Å². The number of aromatic nitrogens is 1. The zero-order valence-corrected chi connectivity index (χ0v) is 15.5. The van der Waals surface area contributed by atoms with Crippen molar-refractivity contribution in [3.8, 4) is 0 Å². The first-order chi connectivity index (χ1) is 12.2. The quantitative estimate of drug-likeness (QED) is 0.726. The number of ether oxygens (including phenoxy) is 2. The van der Waals surface area contributed by atoms with Crippen LogP contribution in [0.15, 0.2) is 39.3 Å². The van der Waals surface area contributed by atoms with E-state index in [4.69, 9.17) is 14.0 Å². The van der Waals surface area contributed by atoms with Gasteiger partial charge in [-0.2, -0.15) is 0 Å². The smallest absolute Gasteiger partial charge is 0.226 e. The second kappa shape index (κ2) is 9.12. The predicted molar refractivity (Wildman–Crippen MR) is 94.8 cm³/mol. The maximum Gasteiger partial charge on any atom is 0.226 e. The number of carbonyl (C=O) groups excluding carboxylic acids is 1. The lowest BCUT2D eigenvalue weighted by molar-refractivity contribution is -0.120. The SMILES string of the molecule is O=C(Cc1cc(COCc2ccccc2Br)on1)NCC1CCOC1. The molecule has 3 rings (SSSR count).